The van der Waals surface area contributed by atoms with E-state index in [4.69, 9.17) is 0 Å². The molecule has 0 unspecified atom stereocenters. The van der Waals surface area contributed by atoms with Crippen molar-refractivity contribution in [3.63, 3.8) is 0 Å². The van der Waals surface area contributed by atoms with Crippen LogP contribution in [0.1, 0.15) is 28.5 Å². The second-order valence-corrected chi connectivity index (χ2v) is 7.99. The van der Waals surface area contributed by atoms with Gasteiger partial charge in [0.2, 0.25) is 0 Å². The number of Topliss-reactive ketones (excluding diaryl/α,β-unsaturated/α-hetero) is 1. The summed E-state index contributed by atoms with van der Waals surface area (Å²) in [6.45, 7) is 4.16. The van der Waals surface area contributed by atoms with Gasteiger partial charge in [-0.15, -0.1) is 5.10 Å². The highest BCUT2D eigenvalue weighted by Crippen LogP contribution is 2.29. The molecule has 0 bridgehead atoms. The van der Waals surface area contributed by atoms with Gasteiger partial charge < -0.3 is 4.98 Å². The molecule has 2 N–H and O–H groups in total. The third kappa shape index (κ3) is 3.41. The van der Waals surface area contributed by atoms with Crippen molar-refractivity contribution < 1.29 is 4.79 Å². The Morgan fingerprint density at radius 1 is 1.14 bits per heavy atom. The van der Waals surface area contributed by atoms with Crippen LogP contribution in [0, 0.1) is 6.92 Å². The molecule has 7 heteroatoms. The zero-order valence-corrected chi connectivity index (χ0v) is 16.4. The molecule has 1 atom stereocenters. The fraction of sp³-hybridized carbons (Fsp3) is 0.190. The molecule has 0 saturated heterocycles. The van der Waals surface area contributed by atoms with Crippen molar-refractivity contribution in [3.05, 3.63) is 81.9 Å². The number of aromatic amines is 2. The van der Waals surface area contributed by atoms with Crippen molar-refractivity contribution >= 4 is 28.4 Å². The molecule has 4 aromatic rings. The fourth-order valence-corrected chi connectivity index (χ4v) is 4.22. The minimum Gasteiger partial charge on any atom is -0.358 e. The van der Waals surface area contributed by atoms with Crippen LogP contribution in [0.15, 0.2) is 64.5 Å². The summed E-state index contributed by atoms with van der Waals surface area (Å²) in [4.78, 5) is 28.6. The summed E-state index contributed by atoms with van der Waals surface area (Å²) in [5, 5.41) is 7.66. The third-order valence-electron chi connectivity index (χ3n) is 4.70. The number of fused-ring (bicyclic) bond motifs is 1. The Hall–Kier alpha value is -3.06. The molecule has 0 fully saturated rings. The first-order valence-electron chi connectivity index (χ1n) is 9.02. The standard InChI is InChI=1S/C21H20N4O2S/c1-13-18(16-10-6-7-11-17(16)22-13)19(26)14(2)28-21-24-23-20(27)25(21)12-15-8-4-3-5-9-15/h3-11,14,22H,12H2,1-2H3,(H,23,27)/t14-/m0/s1. The summed E-state index contributed by atoms with van der Waals surface area (Å²) in [7, 11) is 0. The number of ketones is 1. The zero-order chi connectivity index (χ0) is 19.7. The quantitative estimate of drug-likeness (QED) is 0.386. The van der Waals surface area contributed by atoms with E-state index in [1.807, 2.05) is 68.4 Å². The maximum absolute atomic E-state index is 13.2. The number of nitrogens with zero attached hydrogens (tertiary/aromatic N) is 2. The van der Waals surface area contributed by atoms with E-state index in [9.17, 15) is 9.59 Å². The minimum absolute atomic E-state index is 0.0154. The van der Waals surface area contributed by atoms with Crippen molar-refractivity contribution in [2.24, 2.45) is 0 Å². The summed E-state index contributed by atoms with van der Waals surface area (Å²) in [5.41, 5.74) is 3.21. The summed E-state index contributed by atoms with van der Waals surface area (Å²) in [5.74, 6) is 0.0154. The highest BCUT2D eigenvalue weighted by Gasteiger charge is 2.24. The number of hydrogen-bond acceptors (Lipinski definition) is 4. The number of aryl methyl sites for hydroxylation is 1. The average molecular weight is 392 g/mol. The van der Waals surface area contributed by atoms with Crippen molar-refractivity contribution in [3.8, 4) is 0 Å². The summed E-state index contributed by atoms with van der Waals surface area (Å²) in [6.07, 6.45) is 0. The average Bonchev–Trinajstić information content (AvgIpc) is 3.21. The lowest BCUT2D eigenvalue weighted by Gasteiger charge is -2.11. The molecule has 0 aliphatic rings. The first-order chi connectivity index (χ1) is 13.5. The summed E-state index contributed by atoms with van der Waals surface area (Å²) < 4.78 is 1.56. The molecule has 0 aliphatic carbocycles. The molecule has 2 aromatic heterocycles. The second-order valence-electron chi connectivity index (χ2n) is 6.68. The number of aromatic nitrogens is 4. The lowest BCUT2D eigenvalue weighted by molar-refractivity contribution is 0.0995. The predicted molar refractivity (Wildman–Crippen MR) is 111 cm³/mol. The Bertz CT molecular complexity index is 1190. The van der Waals surface area contributed by atoms with Crippen LogP contribution < -0.4 is 5.69 Å². The highest BCUT2D eigenvalue weighted by molar-refractivity contribution is 8.00. The molecular formula is C21H20N4O2S. The minimum atomic E-state index is -0.386. The number of nitrogens with one attached hydrogen (secondary N) is 2. The summed E-state index contributed by atoms with van der Waals surface area (Å²) >= 11 is 1.29. The molecule has 6 nitrogen and oxygen atoms in total. The first-order valence-corrected chi connectivity index (χ1v) is 9.90. The maximum Gasteiger partial charge on any atom is 0.344 e. The van der Waals surface area contributed by atoms with E-state index in [1.54, 1.807) is 4.57 Å². The van der Waals surface area contributed by atoms with Gasteiger partial charge in [0.15, 0.2) is 10.9 Å². The number of H-pyrrole nitrogens is 2. The SMILES string of the molecule is Cc1[nH]c2ccccc2c1C(=O)[C@H](C)Sc1n[nH]c(=O)n1Cc1ccccc1. The molecule has 4 rings (SSSR count). The van der Waals surface area contributed by atoms with E-state index in [1.165, 1.54) is 11.8 Å². The van der Waals surface area contributed by atoms with Gasteiger partial charge in [-0.1, -0.05) is 60.3 Å². The Labute approximate surface area is 166 Å². The molecule has 2 aromatic carbocycles. The van der Waals surface area contributed by atoms with Crippen LogP contribution in [0.25, 0.3) is 10.9 Å². The maximum atomic E-state index is 13.2. The van der Waals surface area contributed by atoms with E-state index in [-0.39, 0.29) is 16.7 Å². The number of carbonyl (C=O) groups is 1. The van der Waals surface area contributed by atoms with Gasteiger partial charge in [0.25, 0.3) is 0 Å². The van der Waals surface area contributed by atoms with Crippen molar-refractivity contribution in [2.75, 3.05) is 0 Å². The van der Waals surface area contributed by atoms with Gasteiger partial charge in [0.1, 0.15) is 0 Å². The molecule has 0 saturated carbocycles. The number of rotatable bonds is 6. The zero-order valence-electron chi connectivity index (χ0n) is 15.6. The van der Waals surface area contributed by atoms with Crippen LogP contribution in [-0.4, -0.2) is 30.8 Å². The van der Waals surface area contributed by atoms with Crippen LogP contribution in [-0.2, 0) is 6.54 Å². The van der Waals surface area contributed by atoms with E-state index >= 15 is 0 Å². The molecular weight excluding hydrogens is 372 g/mol. The van der Waals surface area contributed by atoms with Crippen LogP contribution in [0.4, 0.5) is 0 Å². The van der Waals surface area contributed by atoms with E-state index in [0.29, 0.717) is 17.3 Å². The number of para-hydroxylation sites is 1. The monoisotopic (exact) mass is 392 g/mol. The Balaban J connectivity index is 1.60. The topological polar surface area (TPSA) is 83.5 Å². The summed E-state index contributed by atoms with van der Waals surface area (Å²) in [6, 6.07) is 17.5. The van der Waals surface area contributed by atoms with Gasteiger partial charge in [-0.25, -0.2) is 9.89 Å². The molecule has 28 heavy (non-hydrogen) atoms. The van der Waals surface area contributed by atoms with Gasteiger partial charge in [0, 0.05) is 22.2 Å². The fourth-order valence-electron chi connectivity index (χ4n) is 3.31. The Morgan fingerprint density at radius 2 is 1.86 bits per heavy atom. The highest BCUT2D eigenvalue weighted by atomic mass is 32.2. The van der Waals surface area contributed by atoms with Crippen LogP contribution in [0.5, 0.6) is 0 Å². The number of carbonyl (C=O) groups excluding carboxylic acids is 1. The number of benzene rings is 2. The smallest absolute Gasteiger partial charge is 0.344 e. The third-order valence-corrected chi connectivity index (χ3v) is 5.79. The lowest BCUT2D eigenvalue weighted by Crippen LogP contribution is -2.20. The van der Waals surface area contributed by atoms with E-state index in [0.717, 1.165) is 22.2 Å². The van der Waals surface area contributed by atoms with Crippen molar-refractivity contribution in [1.82, 2.24) is 19.7 Å². The lowest BCUT2D eigenvalue weighted by atomic mass is 10.1. The van der Waals surface area contributed by atoms with Gasteiger partial charge in [-0.2, -0.15) is 0 Å². The van der Waals surface area contributed by atoms with E-state index in [2.05, 4.69) is 15.2 Å². The molecule has 0 aliphatic heterocycles. The van der Waals surface area contributed by atoms with E-state index < -0.39 is 0 Å². The first kappa shape index (κ1) is 18.3. The van der Waals surface area contributed by atoms with Gasteiger partial charge in [-0.3, -0.25) is 9.36 Å². The van der Waals surface area contributed by atoms with Crippen molar-refractivity contribution in [1.29, 1.82) is 0 Å². The second kappa shape index (κ2) is 7.52. The number of hydrogen-bond donors (Lipinski definition) is 2. The predicted octanol–water partition coefficient (Wildman–Crippen LogP) is 3.77. The van der Waals surface area contributed by atoms with Crippen LogP contribution in [0.3, 0.4) is 0 Å². The van der Waals surface area contributed by atoms with Crippen LogP contribution >= 0.6 is 11.8 Å². The van der Waals surface area contributed by atoms with Gasteiger partial charge in [0.05, 0.1) is 11.8 Å². The van der Waals surface area contributed by atoms with Gasteiger partial charge >= 0.3 is 5.69 Å². The van der Waals surface area contributed by atoms with Crippen LogP contribution in [0.2, 0.25) is 0 Å². The molecule has 0 radical (unpaired) electrons. The Kier molecular flexibility index (Phi) is 4.92. The van der Waals surface area contributed by atoms with Gasteiger partial charge in [-0.05, 0) is 25.5 Å². The molecule has 0 spiro atoms. The normalized spacial score (nSPS) is 12.4. The molecule has 0 amide bonds. The largest absolute Gasteiger partial charge is 0.358 e. The number of thioether (sulfide) groups is 1. The molecule has 142 valence electrons. The molecule has 2 heterocycles. The Morgan fingerprint density at radius 3 is 2.64 bits per heavy atom. The van der Waals surface area contributed by atoms with Crippen molar-refractivity contribution in [2.45, 2.75) is 30.8 Å².